The van der Waals surface area contributed by atoms with Gasteiger partial charge in [0, 0.05) is 34.7 Å². The molecule has 0 bridgehead atoms. The molecule has 0 unspecified atom stereocenters. The molecule has 0 amide bonds. The number of nitrogens with zero attached hydrogens (tertiary/aromatic N) is 3. The fourth-order valence-electron chi connectivity index (χ4n) is 2.31. The number of benzene rings is 1. The Morgan fingerprint density at radius 3 is 2.79 bits per heavy atom. The van der Waals surface area contributed by atoms with Gasteiger partial charge < -0.3 is 10.6 Å². The van der Waals surface area contributed by atoms with Gasteiger partial charge in [-0.05, 0) is 18.2 Å². The molecule has 2 N–H and O–H groups in total. The van der Waals surface area contributed by atoms with Gasteiger partial charge in [0.05, 0.1) is 5.52 Å². The van der Waals surface area contributed by atoms with E-state index in [1.54, 1.807) is 6.33 Å². The molecule has 0 saturated carbocycles. The van der Waals surface area contributed by atoms with Crippen LogP contribution in [0.5, 0.6) is 0 Å². The fraction of sp³-hybridized carbons (Fsp3) is 0.429. The summed E-state index contributed by atoms with van der Waals surface area (Å²) < 4.78 is 0. The summed E-state index contributed by atoms with van der Waals surface area (Å²) in [5.41, 5.74) is 6.85. The highest BCUT2D eigenvalue weighted by Gasteiger charge is 2.25. The molecule has 5 heteroatoms. The normalized spacial score (nSPS) is 16.1. The van der Waals surface area contributed by atoms with E-state index in [1.165, 1.54) is 4.90 Å². The zero-order valence-electron chi connectivity index (χ0n) is 11.2. The summed E-state index contributed by atoms with van der Waals surface area (Å²) in [5.74, 6) is 1.01. The van der Waals surface area contributed by atoms with Crippen LogP contribution in [0.3, 0.4) is 0 Å². The van der Waals surface area contributed by atoms with E-state index in [0.717, 1.165) is 29.8 Å². The van der Waals surface area contributed by atoms with Crippen LogP contribution in [0, 0.1) is 0 Å². The average Bonchev–Trinajstić information content (AvgIpc) is 2.33. The van der Waals surface area contributed by atoms with E-state index in [-0.39, 0.29) is 6.04 Å². The Morgan fingerprint density at radius 1 is 1.32 bits per heavy atom. The van der Waals surface area contributed by atoms with Crippen molar-refractivity contribution in [1.29, 1.82) is 0 Å². The van der Waals surface area contributed by atoms with E-state index in [2.05, 4.69) is 46.9 Å². The Labute approximate surface area is 117 Å². The standard InChI is InChI=1S/C14H18N4S/c1-9(2)19-11-3-4-12-13(5-11)16-8-17-14(12)18-6-10(15)7-18/h3-5,8-10H,6-7,15H2,1-2H3. The lowest BCUT2D eigenvalue weighted by Gasteiger charge is -2.38. The molecule has 0 atom stereocenters. The molecule has 1 aliphatic heterocycles. The van der Waals surface area contributed by atoms with Gasteiger partial charge in [-0.15, -0.1) is 11.8 Å². The molecule has 1 aromatic carbocycles. The Hall–Kier alpha value is -1.33. The first-order valence-corrected chi connectivity index (χ1v) is 7.43. The van der Waals surface area contributed by atoms with E-state index >= 15 is 0 Å². The third kappa shape index (κ3) is 2.53. The van der Waals surface area contributed by atoms with Crippen LogP contribution in [0.15, 0.2) is 29.4 Å². The highest BCUT2D eigenvalue weighted by atomic mass is 32.2. The molecule has 1 saturated heterocycles. The van der Waals surface area contributed by atoms with E-state index in [9.17, 15) is 0 Å². The van der Waals surface area contributed by atoms with Gasteiger partial charge in [0.2, 0.25) is 0 Å². The van der Waals surface area contributed by atoms with Crippen molar-refractivity contribution in [3.63, 3.8) is 0 Å². The molecular formula is C14H18N4S. The molecule has 100 valence electrons. The van der Waals surface area contributed by atoms with E-state index in [0.29, 0.717) is 5.25 Å². The molecule has 1 aliphatic rings. The van der Waals surface area contributed by atoms with Gasteiger partial charge in [-0.1, -0.05) is 13.8 Å². The first-order valence-electron chi connectivity index (χ1n) is 6.55. The number of rotatable bonds is 3. The molecule has 0 radical (unpaired) electrons. The van der Waals surface area contributed by atoms with Gasteiger partial charge in [0.15, 0.2) is 0 Å². The van der Waals surface area contributed by atoms with Crippen LogP contribution in [0.2, 0.25) is 0 Å². The van der Waals surface area contributed by atoms with E-state index in [4.69, 9.17) is 5.73 Å². The summed E-state index contributed by atoms with van der Waals surface area (Å²) in [6.07, 6.45) is 1.64. The lowest BCUT2D eigenvalue weighted by Crippen LogP contribution is -2.56. The number of fused-ring (bicyclic) bond motifs is 1. The van der Waals surface area contributed by atoms with Crippen LogP contribution in [0.1, 0.15) is 13.8 Å². The Morgan fingerprint density at radius 2 is 2.11 bits per heavy atom. The van der Waals surface area contributed by atoms with Crippen molar-refractivity contribution in [3.05, 3.63) is 24.5 Å². The van der Waals surface area contributed by atoms with Crippen molar-refractivity contribution >= 4 is 28.5 Å². The van der Waals surface area contributed by atoms with Gasteiger partial charge in [0.1, 0.15) is 12.1 Å². The lowest BCUT2D eigenvalue weighted by atomic mass is 10.1. The molecule has 0 aliphatic carbocycles. The van der Waals surface area contributed by atoms with Gasteiger partial charge >= 0.3 is 0 Å². The van der Waals surface area contributed by atoms with Crippen molar-refractivity contribution in [1.82, 2.24) is 9.97 Å². The molecule has 2 aromatic rings. The quantitative estimate of drug-likeness (QED) is 0.870. The number of nitrogens with two attached hydrogens (primary N) is 1. The molecule has 1 aromatic heterocycles. The molecule has 4 nitrogen and oxygen atoms in total. The Bertz CT molecular complexity index is 593. The summed E-state index contributed by atoms with van der Waals surface area (Å²) >= 11 is 1.85. The first-order chi connectivity index (χ1) is 9.13. The second-order valence-corrected chi connectivity index (χ2v) is 6.86. The highest BCUT2D eigenvalue weighted by Crippen LogP contribution is 2.30. The van der Waals surface area contributed by atoms with Gasteiger partial charge in [-0.25, -0.2) is 9.97 Å². The van der Waals surface area contributed by atoms with Crippen molar-refractivity contribution in [2.45, 2.75) is 30.0 Å². The maximum absolute atomic E-state index is 5.84. The minimum Gasteiger partial charge on any atom is -0.353 e. The lowest BCUT2D eigenvalue weighted by molar-refractivity contribution is 0.516. The van der Waals surface area contributed by atoms with Crippen LogP contribution < -0.4 is 10.6 Å². The second-order valence-electron chi connectivity index (χ2n) is 5.21. The van der Waals surface area contributed by atoms with Crippen LogP contribution in [0.4, 0.5) is 5.82 Å². The number of hydrogen-bond donors (Lipinski definition) is 1. The van der Waals surface area contributed by atoms with Crippen molar-refractivity contribution in [2.75, 3.05) is 18.0 Å². The van der Waals surface area contributed by atoms with Gasteiger partial charge in [-0.2, -0.15) is 0 Å². The molecular weight excluding hydrogens is 256 g/mol. The minimum atomic E-state index is 0.279. The zero-order valence-corrected chi connectivity index (χ0v) is 12.0. The second kappa shape index (κ2) is 4.98. The number of anilines is 1. The number of thioether (sulfide) groups is 1. The molecule has 19 heavy (non-hydrogen) atoms. The first kappa shape index (κ1) is 12.7. The average molecular weight is 274 g/mol. The monoisotopic (exact) mass is 274 g/mol. The fourth-order valence-corrected chi connectivity index (χ4v) is 3.18. The summed E-state index contributed by atoms with van der Waals surface area (Å²) in [5, 5.41) is 1.69. The highest BCUT2D eigenvalue weighted by molar-refractivity contribution is 7.99. The maximum Gasteiger partial charge on any atom is 0.139 e. The van der Waals surface area contributed by atoms with Crippen LogP contribution in [0.25, 0.3) is 10.9 Å². The summed E-state index contributed by atoms with van der Waals surface area (Å²) in [6.45, 7) is 6.16. The van der Waals surface area contributed by atoms with Gasteiger partial charge in [0.25, 0.3) is 0 Å². The van der Waals surface area contributed by atoms with E-state index in [1.807, 2.05) is 11.8 Å². The largest absolute Gasteiger partial charge is 0.353 e. The minimum absolute atomic E-state index is 0.279. The maximum atomic E-state index is 5.84. The Balaban J connectivity index is 1.97. The van der Waals surface area contributed by atoms with Crippen LogP contribution in [-0.4, -0.2) is 34.3 Å². The van der Waals surface area contributed by atoms with Crippen molar-refractivity contribution < 1.29 is 0 Å². The van der Waals surface area contributed by atoms with Crippen LogP contribution in [-0.2, 0) is 0 Å². The topological polar surface area (TPSA) is 55.0 Å². The Kier molecular flexibility index (Phi) is 3.33. The summed E-state index contributed by atoms with van der Waals surface area (Å²) in [6, 6.07) is 6.70. The van der Waals surface area contributed by atoms with Gasteiger partial charge in [-0.3, -0.25) is 0 Å². The third-order valence-corrected chi connectivity index (χ3v) is 4.17. The smallest absolute Gasteiger partial charge is 0.139 e. The van der Waals surface area contributed by atoms with Crippen molar-refractivity contribution in [3.8, 4) is 0 Å². The molecule has 2 heterocycles. The molecule has 1 fully saturated rings. The number of hydrogen-bond acceptors (Lipinski definition) is 5. The van der Waals surface area contributed by atoms with Crippen LogP contribution >= 0.6 is 11.8 Å². The SMILES string of the molecule is CC(C)Sc1ccc2c(N3CC(N)C3)ncnc2c1. The molecule has 3 rings (SSSR count). The predicted octanol–water partition coefficient (Wildman–Crippen LogP) is 2.28. The third-order valence-electron chi connectivity index (χ3n) is 3.17. The molecule has 0 spiro atoms. The zero-order chi connectivity index (χ0) is 13.4. The van der Waals surface area contributed by atoms with E-state index < -0.39 is 0 Å². The number of aromatic nitrogens is 2. The summed E-state index contributed by atoms with van der Waals surface area (Å²) in [7, 11) is 0. The van der Waals surface area contributed by atoms with Crippen molar-refractivity contribution in [2.24, 2.45) is 5.73 Å². The summed E-state index contributed by atoms with van der Waals surface area (Å²) in [4.78, 5) is 12.3. The predicted molar refractivity (Wildman–Crippen MR) is 80.7 cm³/mol.